The number of hydrogen-bond acceptors (Lipinski definition) is 5. The summed E-state index contributed by atoms with van der Waals surface area (Å²) < 4.78 is 19.5. The van der Waals surface area contributed by atoms with Crippen LogP contribution in [-0.4, -0.2) is 21.0 Å². The van der Waals surface area contributed by atoms with Gasteiger partial charge >= 0.3 is 5.97 Å². The van der Waals surface area contributed by atoms with Crippen LogP contribution in [0.25, 0.3) is 10.8 Å². The second-order valence-electron chi connectivity index (χ2n) is 7.18. The van der Waals surface area contributed by atoms with Crippen molar-refractivity contribution in [3.8, 4) is 11.6 Å². The van der Waals surface area contributed by atoms with Crippen LogP contribution in [0.3, 0.4) is 0 Å². The monoisotopic (exact) mass is 417 g/mol. The van der Waals surface area contributed by atoms with Crippen LogP contribution in [-0.2, 0) is 0 Å². The van der Waals surface area contributed by atoms with E-state index in [-0.39, 0.29) is 11.6 Å². The fourth-order valence-corrected chi connectivity index (χ4v) is 3.33. The summed E-state index contributed by atoms with van der Waals surface area (Å²) >= 11 is 0. The van der Waals surface area contributed by atoms with Gasteiger partial charge in [-0.1, -0.05) is 18.2 Å². The van der Waals surface area contributed by atoms with E-state index < -0.39 is 11.8 Å². The van der Waals surface area contributed by atoms with Crippen LogP contribution >= 0.6 is 0 Å². The van der Waals surface area contributed by atoms with Crippen molar-refractivity contribution < 1.29 is 19.0 Å². The lowest BCUT2D eigenvalue weighted by Crippen LogP contribution is -2.09. The first-order chi connectivity index (χ1) is 14.9. The van der Waals surface area contributed by atoms with Crippen LogP contribution in [0, 0.1) is 12.7 Å². The first kappa shape index (κ1) is 20.3. The van der Waals surface area contributed by atoms with Crippen molar-refractivity contribution in [1.82, 2.24) is 9.97 Å². The molecule has 7 heteroatoms. The Morgan fingerprint density at radius 1 is 1.13 bits per heavy atom. The summed E-state index contributed by atoms with van der Waals surface area (Å²) in [6.07, 6.45) is 3.40. The third-order valence-corrected chi connectivity index (χ3v) is 4.99. The summed E-state index contributed by atoms with van der Waals surface area (Å²) in [6.45, 7) is 3.89. The molecule has 4 aromatic rings. The third kappa shape index (κ3) is 4.30. The van der Waals surface area contributed by atoms with Gasteiger partial charge < -0.3 is 15.2 Å². The number of carboxylic acid groups (broad SMARTS) is 1. The molecule has 2 aromatic carbocycles. The number of aromatic carboxylic acids is 1. The van der Waals surface area contributed by atoms with Crippen LogP contribution in [0.1, 0.15) is 34.5 Å². The van der Waals surface area contributed by atoms with E-state index in [1.54, 1.807) is 48.8 Å². The van der Waals surface area contributed by atoms with Gasteiger partial charge in [-0.15, -0.1) is 0 Å². The molecule has 2 N–H and O–H groups in total. The van der Waals surface area contributed by atoms with Crippen molar-refractivity contribution in [2.24, 2.45) is 0 Å². The summed E-state index contributed by atoms with van der Waals surface area (Å²) in [6, 6.07) is 14.2. The fourth-order valence-electron chi connectivity index (χ4n) is 3.33. The summed E-state index contributed by atoms with van der Waals surface area (Å²) in [5, 5.41) is 14.0. The average molecular weight is 417 g/mol. The predicted octanol–water partition coefficient (Wildman–Crippen LogP) is 5.74. The van der Waals surface area contributed by atoms with E-state index in [0.29, 0.717) is 22.8 Å². The number of hydrogen-bond donors (Lipinski definition) is 2. The molecule has 0 aliphatic rings. The number of nitrogens with one attached hydrogen (secondary N) is 1. The average Bonchev–Trinajstić information content (AvgIpc) is 2.76. The molecule has 0 aliphatic heterocycles. The number of aromatic nitrogens is 2. The van der Waals surface area contributed by atoms with Gasteiger partial charge in [0.05, 0.1) is 10.9 Å². The lowest BCUT2D eigenvalue weighted by molar-refractivity contribution is 0.0697. The molecule has 0 fully saturated rings. The molecule has 0 spiro atoms. The van der Waals surface area contributed by atoms with E-state index >= 15 is 0 Å². The van der Waals surface area contributed by atoms with Crippen LogP contribution < -0.4 is 10.1 Å². The Balaban J connectivity index is 1.71. The quantitative estimate of drug-likeness (QED) is 0.416. The molecular weight excluding hydrogens is 397 g/mol. The van der Waals surface area contributed by atoms with Gasteiger partial charge in [-0.25, -0.2) is 19.2 Å². The van der Waals surface area contributed by atoms with Crippen molar-refractivity contribution in [2.45, 2.75) is 19.9 Å². The Labute approximate surface area is 178 Å². The molecule has 4 rings (SSSR count). The molecule has 6 nitrogen and oxygen atoms in total. The maximum absolute atomic E-state index is 13.6. The van der Waals surface area contributed by atoms with Crippen LogP contribution in [0.2, 0.25) is 0 Å². The van der Waals surface area contributed by atoms with Gasteiger partial charge in [0, 0.05) is 24.5 Å². The molecule has 0 aliphatic carbocycles. The molecule has 1 atom stereocenters. The Kier molecular flexibility index (Phi) is 5.49. The Morgan fingerprint density at radius 2 is 1.90 bits per heavy atom. The van der Waals surface area contributed by atoms with Crippen molar-refractivity contribution >= 4 is 22.6 Å². The van der Waals surface area contributed by atoms with Crippen molar-refractivity contribution in [1.29, 1.82) is 0 Å². The number of pyridine rings is 2. The zero-order valence-electron chi connectivity index (χ0n) is 17.0. The molecule has 2 aromatic heterocycles. The van der Waals surface area contributed by atoms with Gasteiger partial charge in [0.1, 0.15) is 17.4 Å². The zero-order chi connectivity index (χ0) is 22.0. The lowest BCUT2D eigenvalue weighted by Gasteiger charge is -2.18. The number of ether oxygens (including phenoxy) is 1. The number of halogens is 1. The topological polar surface area (TPSA) is 84.3 Å². The molecule has 0 saturated carbocycles. The first-order valence-electron chi connectivity index (χ1n) is 9.70. The highest BCUT2D eigenvalue weighted by Gasteiger charge is 2.16. The maximum atomic E-state index is 13.6. The first-order valence-corrected chi connectivity index (χ1v) is 9.70. The zero-order valence-corrected chi connectivity index (χ0v) is 17.0. The smallest absolute Gasteiger partial charge is 0.335 e. The van der Waals surface area contributed by atoms with E-state index in [0.717, 1.165) is 16.5 Å². The number of nitrogens with zero attached hydrogens (tertiary/aromatic N) is 2. The molecule has 0 bridgehead atoms. The van der Waals surface area contributed by atoms with Crippen LogP contribution in [0.4, 0.5) is 10.2 Å². The highest BCUT2D eigenvalue weighted by molar-refractivity contribution is 5.97. The number of carbonyl (C=O) groups is 1. The summed E-state index contributed by atoms with van der Waals surface area (Å²) in [7, 11) is 0. The minimum Gasteiger partial charge on any atom is -0.478 e. The summed E-state index contributed by atoms with van der Waals surface area (Å²) in [4.78, 5) is 20.0. The summed E-state index contributed by atoms with van der Waals surface area (Å²) in [5.41, 5.74) is 2.08. The van der Waals surface area contributed by atoms with E-state index in [2.05, 4.69) is 15.3 Å². The Hall–Kier alpha value is -4.00. The number of carboxylic acids is 1. The largest absolute Gasteiger partial charge is 0.478 e. The number of fused-ring (bicyclic) bond motifs is 1. The molecule has 2 heterocycles. The Morgan fingerprint density at radius 3 is 2.61 bits per heavy atom. The second-order valence-corrected chi connectivity index (χ2v) is 7.18. The van der Waals surface area contributed by atoms with Crippen LogP contribution in [0.15, 0.2) is 67.0 Å². The normalized spacial score (nSPS) is 11.8. The molecule has 0 amide bonds. The highest BCUT2D eigenvalue weighted by Crippen LogP contribution is 2.35. The summed E-state index contributed by atoms with van der Waals surface area (Å²) in [5.74, 6) is -0.151. The fraction of sp³-hybridized carbons (Fsp3) is 0.125. The lowest BCUT2D eigenvalue weighted by atomic mass is 10.1. The van der Waals surface area contributed by atoms with Crippen LogP contribution in [0.5, 0.6) is 11.6 Å². The molecule has 0 unspecified atom stereocenters. The molecule has 156 valence electrons. The van der Waals surface area contributed by atoms with Gasteiger partial charge in [0.2, 0.25) is 5.88 Å². The Bertz CT molecular complexity index is 1260. The van der Waals surface area contributed by atoms with E-state index in [9.17, 15) is 9.18 Å². The van der Waals surface area contributed by atoms with E-state index in [4.69, 9.17) is 9.84 Å². The minimum absolute atomic E-state index is 0.163. The number of anilines is 1. The molecular formula is C24H20FN3O3. The third-order valence-electron chi connectivity index (χ3n) is 4.99. The van der Waals surface area contributed by atoms with Gasteiger partial charge in [0.25, 0.3) is 0 Å². The molecule has 0 saturated heterocycles. The van der Waals surface area contributed by atoms with Gasteiger partial charge in [0.15, 0.2) is 0 Å². The SMILES string of the molecule is Cc1cnc(Oc2cccc(F)c2)c2c(N[C@@H](C)c3ccc(C(=O)O)cc3)nccc12. The molecule has 31 heavy (non-hydrogen) atoms. The molecule has 0 radical (unpaired) electrons. The van der Waals surface area contributed by atoms with E-state index in [1.165, 1.54) is 12.1 Å². The maximum Gasteiger partial charge on any atom is 0.335 e. The van der Waals surface area contributed by atoms with Crippen molar-refractivity contribution in [3.05, 3.63) is 89.5 Å². The standard InChI is InChI=1S/C24H20FN3O3/c1-14-13-27-23(31-19-5-3-4-18(25)12-19)21-20(14)10-11-26-22(21)28-15(2)16-6-8-17(9-7-16)24(29)30/h3-13,15H,1-2H3,(H,26,28)(H,29,30)/t15-/m0/s1. The van der Waals surface area contributed by atoms with Crippen molar-refractivity contribution in [3.63, 3.8) is 0 Å². The number of aryl methyl sites for hydroxylation is 1. The highest BCUT2D eigenvalue weighted by atomic mass is 19.1. The second kappa shape index (κ2) is 8.39. The van der Waals surface area contributed by atoms with Gasteiger partial charge in [-0.3, -0.25) is 0 Å². The number of rotatable bonds is 6. The predicted molar refractivity (Wildman–Crippen MR) is 116 cm³/mol. The van der Waals surface area contributed by atoms with Gasteiger partial charge in [-0.2, -0.15) is 0 Å². The van der Waals surface area contributed by atoms with Gasteiger partial charge in [-0.05, 0) is 60.7 Å². The number of benzene rings is 2. The van der Waals surface area contributed by atoms with E-state index in [1.807, 2.05) is 19.9 Å². The van der Waals surface area contributed by atoms with Crippen molar-refractivity contribution in [2.75, 3.05) is 5.32 Å². The minimum atomic E-state index is -0.969.